The number of rotatable bonds is 5. The van der Waals surface area contributed by atoms with Crippen molar-refractivity contribution in [2.45, 2.75) is 38.0 Å². The molecular weight excluding hydrogens is 358 g/mol. The minimum Gasteiger partial charge on any atom is -0.382 e. The highest BCUT2D eigenvalue weighted by molar-refractivity contribution is 5.97. The van der Waals surface area contributed by atoms with Crippen LogP contribution in [0.3, 0.4) is 0 Å². The summed E-state index contributed by atoms with van der Waals surface area (Å²) in [5.74, 6) is 7.53. The van der Waals surface area contributed by atoms with Gasteiger partial charge in [-0.2, -0.15) is 5.10 Å². The predicted molar refractivity (Wildman–Crippen MR) is 119 cm³/mol. The van der Waals surface area contributed by atoms with E-state index in [1.54, 1.807) is 11.1 Å². The monoisotopic (exact) mass is 387 g/mol. The smallest absolute Gasteiger partial charge is 0.150 e. The number of hydrogen-bond acceptors (Lipinski definition) is 3. The third-order valence-electron chi connectivity index (χ3n) is 6.78. The number of nitrogens with one attached hydrogen (secondary N) is 2. The summed E-state index contributed by atoms with van der Waals surface area (Å²) in [5.41, 5.74) is 13.9. The van der Waals surface area contributed by atoms with Gasteiger partial charge in [0.2, 0.25) is 0 Å². The van der Waals surface area contributed by atoms with Crippen molar-refractivity contribution in [2.75, 3.05) is 13.1 Å². The summed E-state index contributed by atoms with van der Waals surface area (Å²) in [6, 6.07) is 13.1. The number of amidine groups is 1. The van der Waals surface area contributed by atoms with Crippen LogP contribution >= 0.6 is 0 Å². The predicted octanol–water partition coefficient (Wildman–Crippen LogP) is 3.48. The maximum atomic E-state index is 5.84. The second-order valence-corrected chi connectivity index (χ2v) is 8.67. The second-order valence-electron chi connectivity index (χ2n) is 8.67. The van der Waals surface area contributed by atoms with Gasteiger partial charge in [0.15, 0.2) is 0 Å². The molecule has 2 aromatic carbocycles. The number of H-pyrrole nitrogens is 1. The Balaban J connectivity index is 1.47. The lowest BCUT2D eigenvalue weighted by molar-refractivity contribution is 0.516. The molecule has 1 saturated carbocycles. The quantitative estimate of drug-likeness (QED) is 0.234. The summed E-state index contributed by atoms with van der Waals surface area (Å²) in [5, 5.41) is 8.65. The number of aryl methyl sites for hydroxylation is 1. The summed E-state index contributed by atoms with van der Waals surface area (Å²) in [6.07, 6.45) is 5.87. The minimum absolute atomic E-state index is 0.376. The van der Waals surface area contributed by atoms with Gasteiger partial charge in [-0.05, 0) is 72.9 Å². The zero-order chi connectivity index (χ0) is 20.0. The number of fused-ring (bicyclic) bond motifs is 1. The molecule has 1 unspecified atom stereocenters. The first kappa shape index (κ1) is 18.3. The molecule has 0 amide bonds. The fraction of sp³-hybridized carbons (Fsp3) is 0.375. The van der Waals surface area contributed by atoms with Crippen LogP contribution in [0.5, 0.6) is 0 Å². The zero-order valence-corrected chi connectivity index (χ0v) is 16.9. The van der Waals surface area contributed by atoms with Gasteiger partial charge in [-0.15, -0.1) is 0 Å². The van der Waals surface area contributed by atoms with Crippen molar-refractivity contribution >= 4 is 16.7 Å². The maximum absolute atomic E-state index is 5.84. The lowest BCUT2D eigenvalue weighted by atomic mass is 9.82. The van der Waals surface area contributed by atoms with Gasteiger partial charge < -0.3 is 21.9 Å². The first-order valence-corrected chi connectivity index (χ1v) is 10.6. The summed E-state index contributed by atoms with van der Waals surface area (Å²) in [6.45, 7) is 4.31. The topological polar surface area (TPSA) is 92.2 Å². The molecule has 1 aromatic heterocycles. The number of nitrogens with two attached hydrogens (primary N) is 2. The van der Waals surface area contributed by atoms with Gasteiger partial charge in [0.1, 0.15) is 5.84 Å². The summed E-state index contributed by atoms with van der Waals surface area (Å²) in [4.78, 5) is 3.46. The molecule has 6 N–H and O–H groups in total. The highest BCUT2D eigenvalue weighted by Crippen LogP contribution is 2.45. The zero-order valence-electron chi connectivity index (χ0n) is 16.9. The Bertz CT molecular complexity index is 1060. The number of aromatic nitrogens is 1. The van der Waals surface area contributed by atoms with Crippen LogP contribution in [0.2, 0.25) is 0 Å². The summed E-state index contributed by atoms with van der Waals surface area (Å²) in [7, 11) is 0. The molecule has 0 bridgehead atoms. The van der Waals surface area contributed by atoms with Crippen LogP contribution in [0.25, 0.3) is 10.9 Å². The van der Waals surface area contributed by atoms with Crippen molar-refractivity contribution in [1.82, 2.24) is 10.3 Å². The summed E-state index contributed by atoms with van der Waals surface area (Å²) >= 11 is 0. The van der Waals surface area contributed by atoms with E-state index in [-0.39, 0.29) is 0 Å². The molecule has 2 aliphatic rings. The highest BCUT2D eigenvalue weighted by atomic mass is 15.1. The maximum Gasteiger partial charge on any atom is 0.150 e. The average molecular weight is 388 g/mol. The Morgan fingerprint density at radius 1 is 1.14 bits per heavy atom. The Labute approximate surface area is 171 Å². The van der Waals surface area contributed by atoms with Crippen LogP contribution in [0.1, 0.15) is 52.5 Å². The number of hydrogen-bond donors (Lipinski definition) is 4. The van der Waals surface area contributed by atoms with Crippen molar-refractivity contribution in [1.29, 1.82) is 0 Å². The molecule has 150 valence electrons. The number of benzene rings is 2. The highest BCUT2D eigenvalue weighted by Gasteiger charge is 2.33. The van der Waals surface area contributed by atoms with Crippen LogP contribution in [-0.2, 0) is 6.42 Å². The van der Waals surface area contributed by atoms with E-state index in [4.69, 9.17) is 11.6 Å². The van der Waals surface area contributed by atoms with E-state index in [1.165, 1.54) is 34.9 Å². The minimum atomic E-state index is 0.376. The average Bonchev–Trinajstić information content (AvgIpc) is 3.27. The Morgan fingerprint density at radius 3 is 2.66 bits per heavy atom. The van der Waals surface area contributed by atoms with Crippen LogP contribution in [-0.4, -0.2) is 23.9 Å². The molecule has 2 fully saturated rings. The van der Waals surface area contributed by atoms with Crippen LogP contribution in [0, 0.1) is 12.8 Å². The van der Waals surface area contributed by atoms with Crippen LogP contribution < -0.4 is 16.9 Å². The van der Waals surface area contributed by atoms with E-state index in [1.807, 2.05) is 12.1 Å². The number of nitrogens with zero attached hydrogens (tertiary/aromatic N) is 1. The molecule has 0 radical (unpaired) electrons. The molecule has 1 saturated heterocycles. The van der Waals surface area contributed by atoms with E-state index in [0.717, 1.165) is 31.0 Å². The normalized spacial score (nSPS) is 22.4. The number of aromatic amines is 1. The molecule has 1 aliphatic carbocycles. The van der Waals surface area contributed by atoms with Gasteiger partial charge in [-0.1, -0.05) is 30.3 Å². The molecule has 5 rings (SSSR count). The van der Waals surface area contributed by atoms with Gasteiger partial charge in [-0.3, -0.25) is 0 Å². The van der Waals surface area contributed by atoms with Crippen molar-refractivity contribution in [3.63, 3.8) is 0 Å². The molecule has 3 aromatic rings. The van der Waals surface area contributed by atoms with E-state index < -0.39 is 0 Å². The van der Waals surface area contributed by atoms with Gasteiger partial charge >= 0.3 is 0 Å². The van der Waals surface area contributed by atoms with E-state index in [2.05, 4.69) is 52.8 Å². The third-order valence-corrected chi connectivity index (χ3v) is 6.78. The Hall–Kier alpha value is -2.79. The largest absolute Gasteiger partial charge is 0.382 e. The molecule has 0 spiro atoms. The molecule has 29 heavy (non-hydrogen) atoms. The molecular formula is C24H29N5. The van der Waals surface area contributed by atoms with Crippen LogP contribution in [0.4, 0.5) is 0 Å². The Kier molecular flexibility index (Phi) is 4.55. The fourth-order valence-electron chi connectivity index (χ4n) is 5.06. The van der Waals surface area contributed by atoms with Gasteiger partial charge in [0.05, 0.1) is 0 Å². The van der Waals surface area contributed by atoms with Crippen molar-refractivity contribution in [3.8, 4) is 0 Å². The van der Waals surface area contributed by atoms with Gasteiger partial charge in [-0.25, -0.2) is 0 Å². The second kappa shape index (κ2) is 7.23. The number of hydrazone groups is 1. The first-order valence-electron chi connectivity index (χ1n) is 10.6. The molecule has 2 atom stereocenters. The molecule has 1 aliphatic heterocycles. The molecule has 2 heterocycles. The molecule has 5 nitrogen and oxygen atoms in total. The van der Waals surface area contributed by atoms with Crippen molar-refractivity contribution in [2.24, 2.45) is 22.6 Å². The fourth-order valence-corrected chi connectivity index (χ4v) is 5.06. The molecule has 5 heteroatoms. The standard InChI is InChI=1S/C24H29N5/c1-14-10-20(15-2-3-15)21(19-8-9-28-23(14)19)11-18-12-27-13-22(18)16-4-6-17(7-5-16)24(25)29-26/h4-10,15,18,22,27-28H,2-3,11-13,26H2,1H3,(H2,25,29)/t18?,22-/m0/s1. The lowest BCUT2D eigenvalue weighted by Gasteiger charge is -2.22. The van der Waals surface area contributed by atoms with Gasteiger partial charge in [0.25, 0.3) is 0 Å². The van der Waals surface area contributed by atoms with Crippen molar-refractivity contribution in [3.05, 3.63) is 70.4 Å². The lowest BCUT2D eigenvalue weighted by Crippen LogP contribution is -2.17. The van der Waals surface area contributed by atoms with Gasteiger partial charge in [0, 0.05) is 35.1 Å². The SMILES string of the molecule is Cc1cc(C2CC2)c(CC2CNC[C@H]2c2ccc(/C(N)=N/N)cc2)c2cc[nH]c12. The van der Waals surface area contributed by atoms with Crippen LogP contribution in [0.15, 0.2) is 47.7 Å². The first-order chi connectivity index (χ1) is 14.2. The Morgan fingerprint density at radius 2 is 1.93 bits per heavy atom. The summed E-state index contributed by atoms with van der Waals surface area (Å²) < 4.78 is 0. The van der Waals surface area contributed by atoms with E-state index >= 15 is 0 Å². The van der Waals surface area contributed by atoms with E-state index in [0.29, 0.717) is 17.7 Å². The van der Waals surface area contributed by atoms with Crippen molar-refractivity contribution < 1.29 is 0 Å². The third kappa shape index (κ3) is 3.29. The van der Waals surface area contributed by atoms with E-state index in [9.17, 15) is 0 Å².